The maximum Gasteiger partial charge on any atom is 0.263 e. The van der Waals surface area contributed by atoms with E-state index in [-0.39, 0.29) is 5.91 Å². The summed E-state index contributed by atoms with van der Waals surface area (Å²) in [6.07, 6.45) is 1.78. The highest BCUT2D eigenvalue weighted by molar-refractivity contribution is 8.26. The smallest absolute Gasteiger partial charge is 0.263 e. The molecule has 0 saturated carbocycles. The summed E-state index contributed by atoms with van der Waals surface area (Å²) in [6.45, 7) is 6.21. The molecule has 0 unspecified atom stereocenters. The summed E-state index contributed by atoms with van der Waals surface area (Å²) in [7, 11) is 0. The van der Waals surface area contributed by atoms with E-state index in [0.717, 1.165) is 16.9 Å². The molecule has 0 aromatic heterocycles. The van der Waals surface area contributed by atoms with Crippen molar-refractivity contribution in [2.24, 2.45) is 0 Å². The number of thiocarbonyl (C=S) groups is 1. The fraction of sp³-hybridized carbons (Fsp3) is 0.304. The SMILES string of the molecule is CCOc1cc(/C=C2/SC(=S)NC2=O)ccc1OCCOCCOc1cccc(C)c1. The minimum absolute atomic E-state index is 0.184. The van der Waals surface area contributed by atoms with Gasteiger partial charge < -0.3 is 24.3 Å². The number of rotatable bonds is 11. The molecule has 1 saturated heterocycles. The predicted octanol–water partition coefficient (Wildman–Crippen LogP) is 4.36. The number of benzene rings is 2. The largest absolute Gasteiger partial charge is 0.491 e. The number of ether oxygens (including phenoxy) is 4. The summed E-state index contributed by atoms with van der Waals surface area (Å²) in [5.41, 5.74) is 2.00. The fourth-order valence-corrected chi connectivity index (χ4v) is 3.85. The molecule has 0 aliphatic carbocycles. The van der Waals surface area contributed by atoms with Gasteiger partial charge in [-0.05, 0) is 55.3 Å². The molecule has 1 N–H and O–H groups in total. The van der Waals surface area contributed by atoms with Crippen molar-refractivity contribution in [1.82, 2.24) is 5.32 Å². The number of carbonyl (C=O) groups excluding carboxylic acids is 1. The van der Waals surface area contributed by atoms with E-state index in [1.54, 1.807) is 6.08 Å². The van der Waals surface area contributed by atoms with Crippen LogP contribution in [0.15, 0.2) is 47.4 Å². The van der Waals surface area contributed by atoms with Crippen LogP contribution in [0.5, 0.6) is 17.2 Å². The standard InChI is InChI=1S/C23H25NO5S2/c1-3-27-20-14-17(15-21-22(25)24-23(30)31-21)7-8-19(20)29-12-10-26-9-11-28-18-6-4-5-16(2)13-18/h4-8,13-15H,3,9-12H2,1-2H3,(H,24,25,30)/b21-15+. The fourth-order valence-electron chi connectivity index (χ4n) is 2.81. The minimum atomic E-state index is -0.184. The quantitative estimate of drug-likeness (QED) is 0.304. The van der Waals surface area contributed by atoms with E-state index in [4.69, 9.17) is 31.2 Å². The van der Waals surface area contributed by atoms with Crippen molar-refractivity contribution in [1.29, 1.82) is 0 Å². The number of amides is 1. The third-order valence-electron chi connectivity index (χ3n) is 4.18. The molecule has 8 heteroatoms. The molecule has 6 nitrogen and oxygen atoms in total. The van der Waals surface area contributed by atoms with Gasteiger partial charge in [-0.1, -0.05) is 42.2 Å². The zero-order chi connectivity index (χ0) is 22.1. The third-order valence-corrected chi connectivity index (χ3v) is 5.34. The number of hydrogen-bond donors (Lipinski definition) is 1. The van der Waals surface area contributed by atoms with Gasteiger partial charge in [0.25, 0.3) is 5.91 Å². The van der Waals surface area contributed by atoms with Crippen LogP contribution in [0.1, 0.15) is 18.1 Å². The van der Waals surface area contributed by atoms with Crippen LogP contribution in [0.25, 0.3) is 6.08 Å². The summed E-state index contributed by atoms with van der Waals surface area (Å²) in [6, 6.07) is 13.5. The van der Waals surface area contributed by atoms with Crippen molar-refractivity contribution in [2.75, 3.05) is 33.0 Å². The number of hydrogen-bond acceptors (Lipinski definition) is 7. The first-order valence-corrected chi connectivity index (χ1v) is 11.2. The van der Waals surface area contributed by atoms with Crippen molar-refractivity contribution in [3.05, 3.63) is 58.5 Å². The monoisotopic (exact) mass is 459 g/mol. The highest BCUT2D eigenvalue weighted by Crippen LogP contribution is 2.31. The summed E-state index contributed by atoms with van der Waals surface area (Å²) in [5.74, 6) is 1.90. The Morgan fingerprint density at radius 2 is 1.81 bits per heavy atom. The van der Waals surface area contributed by atoms with Crippen LogP contribution in [0, 0.1) is 6.92 Å². The molecule has 3 rings (SSSR count). The minimum Gasteiger partial charge on any atom is -0.491 e. The van der Waals surface area contributed by atoms with Gasteiger partial charge in [-0.15, -0.1) is 0 Å². The van der Waals surface area contributed by atoms with E-state index in [1.165, 1.54) is 11.8 Å². The van der Waals surface area contributed by atoms with Crippen molar-refractivity contribution in [3.8, 4) is 17.2 Å². The Labute approximate surface area is 191 Å². The molecule has 1 heterocycles. The lowest BCUT2D eigenvalue weighted by molar-refractivity contribution is -0.115. The molecular weight excluding hydrogens is 434 g/mol. The van der Waals surface area contributed by atoms with E-state index < -0.39 is 0 Å². The topological polar surface area (TPSA) is 66.0 Å². The van der Waals surface area contributed by atoms with Crippen LogP contribution in [0.2, 0.25) is 0 Å². The molecule has 31 heavy (non-hydrogen) atoms. The molecule has 0 spiro atoms. The second-order valence-corrected chi connectivity index (χ2v) is 8.34. The van der Waals surface area contributed by atoms with E-state index >= 15 is 0 Å². The summed E-state index contributed by atoms with van der Waals surface area (Å²) in [5, 5.41) is 2.61. The lowest BCUT2D eigenvalue weighted by atomic mass is 10.2. The number of nitrogens with one attached hydrogen (secondary N) is 1. The van der Waals surface area contributed by atoms with Gasteiger partial charge in [0.1, 0.15) is 23.3 Å². The summed E-state index contributed by atoms with van der Waals surface area (Å²) in [4.78, 5) is 12.4. The highest BCUT2D eigenvalue weighted by atomic mass is 32.2. The first-order valence-electron chi connectivity index (χ1n) is 9.97. The van der Waals surface area contributed by atoms with E-state index in [2.05, 4.69) is 5.32 Å². The Bertz CT molecular complexity index is 961. The van der Waals surface area contributed by atoms with Crippen molar-refractivity contribution >= 4 is 40.3 Å². The summed E-state index contributed by atoms with van der Waals surface area (Å²) < 4.78 is 23.2. The molecule has 1 aliphatic rings. The molecule has 1 amide bonds. The molecule has 164 valence electrons. The Hall–Kier alpha value is -2.55. The van der Waals surface area contributed by atoms with Crippen LogP contribution >= 0.6 is 24.0 Å². The Kier molecular flexibility index (Phi) is 8.75. The molecule has 0 bridgehead atoms. The average Bonchev–Trinajstić information content (AvgIpc) is 3.05. The zero-order valence-electron chi connectivity index (χ0n) is 17.5. The highest BCUT2D eigenvalue weighted by Gasteiger charge is 2.22. The van der Waals surface area contributed by atoms with E-state index in [9.17, 15) is 4.79 Å². The molecule has 1 aliphatic heterocycles. The number of carbonyl (C=O) groups is 1. The van der Waals surface area contributed by atoms with Gasteiger partial charge in [0.15, 0.2) is 11.5 Å². The third kappa shape index (κ3) is 7.27. The normalized spacial score (nSPS) is 14.6. The van der Waals surface area contributed by atoms with Gasteiger partial charge in [0.2, 0.25) is 0 Å². The Balaban J connectivity index is 1.45. The molecule has 2 aromatic carbocycles. The average molecular weight is 460 g/mol. The van der Waals surface area contributed by atoms with Crippen LogP contribution in [0.3, 0.4) is 0 Å². The maximum atomic E-state index is 11.8. The van der Waals surface area contributed by atoms with Gasteiger partial charge in [-0.3, -0.25) is 4.79 Å². The lowest BCUT2D eigenvalue weighted by Crippen LogP contribution is -2.17. The number of aryl methyl sites for hydroxylation is 1. The molecule has 0 radical (unpaired) electrons. The Morgan fingerprint density at radius 3 is 2.52 bits per heavy atom. The van der Waals surface area contributed by atoms with Gasteiger partial charge in [0, 0.05) is 0 Å². The van der Waals surface area contributed by atoms with Gasteiger partial charge >= 0.3 is 0 Å². The van der Waals surface area contributed by atoms with Crippen molar-refractivity contribution in [2.45, 2.75) is 13.8 Å². The van der Waals surface area contributed by atoms with Crippen LogP contribution in [-0.2, 0) is 9.53 Å². The van der Waals surface area contributed by atoms with Gasteiger partial charge in [-0.2, -0.15) is 0 Å². The summed E-state index contributed by atoms with van der Waals surface area (Å²) >= 11 is 6.27. The van der Waals surface area contributed by atoms with Crippen molar-refractivity contribution < 1.29 is 23.7 Å². The Morgan fingerprint density at radius 1 is 1.00 bits per heavy atom. The second-order valence-electron chi connectivity index (χ2n) is 6.62. The zero-order valence-corrected chi connectivity index (χ0v) is 19.1. The number of thioether (sulfide) groups is 1. The predicted molar refractivity (Wildman–Crippen MR) is 127 cm³/mol. The molecule has 2 aromatic rings. The van der Waals surface area contributed by atoms with Crippen LogP contribution in [0.4, 0.5) is 0 Å². The van der Waals surface area contributed by atoms with E-state index in [0.29, 0.717) is 53.8 Å². The van der Waals surface area contributed by atoms with E-state index in [1.807, 2.05) is 56.3 Å². The maximum absolute atomic E-state index is 11.8. The molecule has 1 fully saturated rings. The van der Waals surface area contributed by atoms with Gasteiger partial charge in [0.05, 0.1) is 24.7 Å². The molecule has 0 atom stereocenters. The second kappa shape index (κ2) is 11.7. The first-order chi connectivity index (χ1) is 15.0. The molecular formula is C23H25NO5S2. The van der Waals surface area contributed by atoms with Crippen molar-refractivity contribution in [3.63, 3.8) is 0 Å². The van der Waals surface area contributed by atoms with Gasteiger partial charge in [-0.25, -0.2) is 0 Å². The lowest BCUT2D eigenvalue weighted by Gasteiger charge is -2.13. The van der Waals surface area contributed by atoms with Crippen LogP contribution in [-0.4, -0.2) is 43.3 Å². The van der Waals surface area contributed by atoms with Crippen LogP contribution < -0.4 is 19.5 Å². The first kappa shape index (κ1) is 23.1.